The lowest BCUT2D eigenvalue weighted by molar-refractivity contribution is -0.123. The van der Waals surface area contributed by atoms with Gasteiger partial charge < -0.3 is 16.8 Å². The van der Waals surface area contributed by atoms with E-state index in [2.05, 4.69) is 10.4 Å². The summed E-state index contributed by atoms with van der Waals surface area (Å²) in [5.74, 6) is -1.04. The second kappa shape index (κ2) is 6.67. The van der Waals surface area contributed by atoms with Crippen molar-refractivity contribution in [1.29, 1.82) is 0 Å². The molecule has 2 aromatic rings. The van der Waals surface area contributed by atoms with Crippen LogP contribution >= 0.6 is 0 Å². The van der Waals surface area contributed by atoms with Crippen molar-refractivity contribution < 1.29 is 9.59 Å². The maximum absolute atomic E-state index is 11.7. The molecule has 0 spiro atoms. The third-order valence-corrected chi connectivity index (χ3v) is 2.88. The summed E-state index contributed by atoms with van der Waals surface area (Å²) in [5.41, 5.74) is 12.2. The van der Waals surface area contributed by atoms with Gasteiger partial charge in [0.25, 0.3) is 0 Å². The van der Waals surface area contributed by atoms with E-state index in [0.29, 0.717) is 12.2 Å². The molecule has 0 aliphatic rings. The van der Waals surface area contributed by atoms with E-state index in [1.54, 1.807) is 23.0 Å². The van der Waals surface area contributed by atoms with Gasteiger partial charge in [0.1, 0.15) is 0 Å². The lowest BCUT2D eigenvalue weighted by Crippen LogP contribution is -2.38. The maximum Gasteiger partial charge on any atom is 0.241 e. The molecule has 0 saturated heterocycles. The molecule has 21 heavy (non-hydrogen) atoms. The van der Waals surface area contributed by atoms with Crippen molar-refractivity contribution in [3.63, 3.8) is 0 Å². The van der Waals surface area contributed by atoms with Gasteiger partial charge in [0.2, 0.25) is 11.8 Å². The molecule has 1 unspecified atom stereocenters. The molecule has 110 valence electrons. The Balaban J connectivity index is 1.93. The SMILES string of the molecule is NC(=O)CC(N)C(=O)Nc1ccc(Cn2cccn2)cc1. The first-order chi connectivity index (χ1) is 10.0. The van der Waals surface area contributed by atoms with Crippen LogP contribution in [0.2, 0.25) is 0 Å². The summed E-state index contributed by atoms with van der Waals surface area (Å²) in [6, 6.07) is 8.23. The Bertz CT molecular complexity index is 607. The number of primary amides is 1. The van der Waals surface area contributed by atoms with E-state index in [0.717, 1.165) is 5.56 Å². The number of nitrogens with two attached hydrogens (primary N) is 2. The summed E-state index contributed by atoms with van der Waals surface area (Å²) in [5, 5.41) is 6.76. The first kappa shape index (κ1) is 14.7. The van der Waals surface area contributed by atoms with Crippen molar-refractivity contribution in [3.8, 4) is 0 Å². The highest BCUT2D eigenvalue weighted by atomic mass is 16.2. The summed E-state index contributed by atoms with van der Waals surface area (Å²) in [6.07, 6.45) is 3.41. The predicted octanol–water partition coefficient (Wildman–Crippen LogP) is 0.0726. The van der Waals surface area contributed by atoms with Gasteiger partial charge in [-0.25, -0.2) is 0 Å². The summed E-state index contributed by atoms with van der Waals surface area (Å²) < 4.78 is 1.80. The number of benzene rings is 1. The first-order valence-electron chi connectivity index (χ1n) is 6.45. The van der Waals surface area contributed by atoms with Gasteiger partial charge in [-0.15, -0.1) is 0 Å². The van der Waals surface area contributed by atoms with Gasteiger partial charge in [-0.05, 0) is 23.8 Å². The summed E-state index contributed by atoms with van der Waals surface area (Å²) in [4.78, 5) is 22.4. The van der Waals surface area contributed by atoms with Crippen LogP contribution in [-0.4, -0.2) is 27.6 Å². The molecule has 0 saturated carbocycles. The Kier molecular flexibility index (Phi) is 4.68. The second-order valence-electron chi connectivity index (χ2n) is 4.67. The molecular formula is C14H17N5O2. The van der Waals surface area contributed by atoms with Gasteiger partial charge in [0.15, 0.2) is 0 Å². The van der Waals surface area contributed by atoms with Crippen LogP contribution in [-0.2, 0) is 16.1 Å². The maximum atomic E-state index is 11.7. The van der Waals surface area contributed by atoms with Crippen LogP contribution in [0.3, 0.4) is 0 Å². The average Bonchev–Trinajstić information content (AvgIpc) is 2.93. The standard InChI is InChI=1S/C14H17N5O2/c15-12(8-13(16)20)14(21)18-11-4-2-10(3-5-11)9-19-7-1-6-17-19/h1-7,12H,8-9,15H2,(H2,16,20)(H,18,21). The quantitative estimate of drug-likeness (QED) is 0.697. The normalized spacial score (nSPS) is 11.9. The zero-order chi connectivity index (χ0) is 15.2. The van der Waals surface area contributed by atoms with Gasteiger partial charge in [-0.1, -0.05) is 12.1 Å². The molecule has 0 radical (unpaired) electrons. The predicted molar refractivity (Wildman–Crippen MR) is 78.2 cm³/mol. The zero-order valence-electron chi connectivity index (χ0n) is 11.4. The molecule has 0 fully saturated rings. The van der Waals surface area contributed by atoms with Gasteiger partial charge in [-0.3, -0.25) is 14.3 Å². The van der Waals surface area contributed by atoms with E-state index in [1.807, 2.05) is 24.4 Å². The number of amides is 2. The van der Waals surface area contributed by atoms with Crippen molar-refractivity contribution in [1.82, 2.24) is 9.78 Å². The van der Waals surface area contributed by atoms with Crippen molar-refractivity contribution in [3.05, 3.63) is 48.3 Å². The number of hydrogen-bond donors (Lipinski definition) is 3. The third kappa shape index (κ3) is 4.43. The molecule has 0 bridgehead atoms. The van der Waals surface area contributed by atoms with E-state index in [4.69, 9.17) is 11.5 Å². The summed E-state index contributed by atoms with van der Waals surface area (Å²) >= 11 is 0. The number of nitrogens with one attached hydrogen (secondary N) is 1. The van der Waals surface area contributed by atoms with Gasteiger partial charge >= 0.3 is 0 Å². The number of carbonyl (C=O) groups is 2. The van der Waals surface area contributed by atoms with E-state index in [1.165, 1.54) is 0 Å². The fraction of sp³-hybridized carbons (Fsp3) is 0.214. The fourth-order valence-corrected chi connectivity index (χ4v) is 1.82. The molecular weight excluding hydrogens is 270 g/mol. The molecule has 0 aliphatic carbocycles. The molecule has 1 aromatic heterocycles. The minimum absolute atomic E-state index is 0.177. The summed E-state index contributed by atoms with van der Waals surface area (Å²) in [6.45, 7) is 0.655. The molecule has 1 heterocycles. The van der Waals surface area contributed by atoms with Crippen molar-refractivity contribution >= 4 is 17.5 Å². The molecule has 2 rings (SSSR count). The number of rotatable bonds is 6. The van der Waals surface area contributed by atoms with Gasteiger partial charge in [-0.2, -0.15) is 5.10 Å². The molecule has 2 amide bonds. The van der Waals surface area contributed by atoms with Crippen LogP contribution in [0, 0.1) is 0 Å². The minimum Gasteiger partial charge on any atom is -0.370 e. The number of aromatic nitrogens is 2. The monoisotopic (exact) mass is 287 g/mol. The molecule has 1 aromatic carbocycles. The Morgan fingerprint density at radius 1 is 1.29 bits per heavy atom. The number of anilines is 1. The molecule has 1 atom stereocenters. The van der Waals surface area contributed by atoms with Gasteiger partial charge in [0.05, 0.1) is 19.0 Å². The van der Waals surface area contributed by atoms with E-state index < -0.39 is 17.9 Å². The van der Waals surface area contributed by atoms with Crippen molar-refractivity contribution in [2.45, 2.75) is 19.0 Å². The first-order valence-corrected chi connectivity index (χ1v) is 6.45. The number of hydrogen-bond acceptors (Lipinski definition) is 4. The second-order valence-corrected chi connectivity index (χ2v) is 4.67. The average molecular weight is 287 g/mol. The number of nitrogens with zero attached hydrogens (tertiary/aromatic N) is 2. The molecule has 7 heteroatoms. The molecule has 7 nitrogen and oxygen atoms in total. The Labute approximate surface area is 121 Å². The van der Waals surface area contributed by atoms with Crippen LogP contribution in [0.4, 0.5) is 5.69 Å². The fourth-order valence-electron chi connectivity index (χ4n) is 1.82. The van der Waals surface area contributed by atoms with E-state index in [-0.39, 0.29) is 6.42 Å². The highest BCUT2D eigenvalue weighted by Gasteiger charge is 2.15. The summed E-state index contributed by atoms with van der Waals surface area (Å²) in [7, 11) is 0. The van der Waals surface area contributed by atoms with Crippen LogP contribution in [0.15, 0.2) is 42.7 Å². The van der Waals surface area contributed by atoms with Crippen molar-refractivity contribution in [2.24, 2.45) is 11.5 Å². The minimum atomic E-state index is -0.939. The highest BCUT2D eigenvalue weighted by molar-refractivity contribution is 5.97. The van der Waals surface area contributed by atoms with E-state index >= 15 is 0 Å². The van der Waals surface area contributed by atoms with Crippen LogP contribution in [0.25, 0.3) is 0 Å². The highest BCUT2D eigenvalue weighted by Crippen LogP contribution is 2.11. The van der Waals surface area contributed by atoms with Crippen molar-refractivity contribution in [2.75, 3.05) is 5.32 Å². The largest absolute Gasteiger partial charge is 0.370 e. The topological polar surface area (TPSA) is 116 Å². The zero-order valence-corrected chi connectivity index (χ0v) is 11.4. The number of carbonyl (C=O) groups excluding carboxylic acids is 2. The van der Waals surface area contributed by atoms with Crippen LogP contribution in [0.5, 0.6) is 0 Å². The van der Waals surface area contributed by atoms with Gasteiger partial charge in [0, 0.05) is 18.1 Å². The van der Waals surface area contributed by atoms with E-state index in [9.17, 15) is 9.59 Å². The van der Waals surface area contributed by atoms with Crippen LogP contribution in [0.1, 0.15) is 12.0 Å². The molecule has 0 aliphatic heterocycles. The smallest absolute Gasteiger partial charge is 0.241 e. The Hall–Kier alpha value is -2.67. The Morgan fingerprint density at radius 2 is 2.00 bits per heavy atom. The lowest BCUT2D eigenvalue weighted by Gasteiger charge is -2.11. The molecule has 5 N–H and O–H groups in total. The Morgan fingerprint density at radius 3 is 2.57 bits per heavy atom. The van der Waals surface area contributed by atoms with Crippen LogP contribution < -0.4 is 16.8 Å². The lowest BCUT2D eigenvalue weighted by atomic mass is 10.1. The third-order valence-electron chi connectivity index (χ3n) is 2.88.